The molecule has 0 bridgehead atoms. The van der Waals surface area contributed by atoms with Crippen LogP contribution in [-0.4, -0.2) is 10.8 Å². The lowest BCUT2D eigenvalue weighted by atomic mass is 9.81. The topological polar surface area (TPSA) is 30.0 Å². The highest BCUT2D eigenvalue weighted by atomic mass is 16.1. The van der Waals surface area contributed by atoms with Gasteiger partial charge in [-0.3, -0.25) is 9.78 Å². The minimum absolute atomic E-state index is 0.154. The average molecular weight is 285 g/mol. The van der Waals surface area contributed by atoms with Crippen molar-refractivity contribution in [2.24, 2.45) is 0 Å². The molecule has 0 unspecified atom stereocenters. The highest BCUT2D eigenvalue weighted by molar-refractivity contribution is 6.13. The number of benzene rings is 2. The molecule has 3 aromatic rings. The van der Waals surface area contributed by atoms with Gasteiger partial charge in [0.05, 0.1) is 0 Å². The molecule has 0 spiro atoms. The van der Waals surface area contributed by atoms with Crippen molar-refractivity contribution in [3.63, 3.8) is 0 Å². The highest BCUT2D eigenvalue weighted by Gasteiger charge is 2.25. The predicted octanol–water partition coefficient (Wildman–Crippen LogP) is 3.81. The molecular formula is C20H15NO. The monoisotopic (exact) mass is 285 g/mol. The maximum absolute atomic E-state index is 12.9. The largest absolute Gasteiger partial charge is 0.289 e. The molecule has 1 aliphatic rings. The van der Waals surface area contributed by atoms with E-state index in [0.29, 0.717) is 0 Å². The highest BCUT2D eigenvalue weighted by Crippen LogP contribution is 2.30. The Labute approximate surface area is 129 Å². The third-order valence-corrected chi connectivity index (χ3v) is 4.25. The maximum Gasteiger partial charge on any atom is 0.193 e. The van der Waals surface area contributed by atoms with Gasteiger partial charge in [-0.15, -0.1) is 0 Å². The molecule has 0 aliphatic heterocycles. The average Bonchev–Trinajstić information content (AvgIpc) is 2.56. The van der Waals surface area contributed by atoms with Crippen LogP contribution < -0.4 is 0 Å². The molecule has 0 saturated heterocycles. The summed E-state index contributed by atoms with van der Waals surface area (Å²) in [6.07, 6.45) is 5.19. The van der Waals surface area contributed by atoms with Gasteiger partial charge in [0.2, 0.25) is 0 Å². The third-order valence-electron chi connectivity index (χ3n) is 4.25. The molecule has 2 aromatic carbocycles. The van der Waals surface area contributed by atoms with E-state index in [-0.39, 0.29) is 5.78 Å². The fourth-order valence-corrected chi connectivity index (χ4v) is 3.20. The van der Waals surface area contributed by atoms with Gasteiger partial charge in [-0.25, -0.2) is 0 Å². The van der Waals surface area contributed by atoms with E-state index in [4.69, 9.17) is 0 Å². The molecule has 0 atom stereocenters. The standard InChI is InChI=1S/C20H15NO/c22-20-18-7-2-1-4-15(18)13-17-6-3-5-16(19(17)20)12-14-8-10-21-11-9-14/h1-11H,12-13H2. The maximum atomic E-state index is 12.9. The van der Waals surface area contributed by atoms with Gasteiger partial charge in [-0.05, 0) is 47.2 Å². The predicted molar refractivity (Wildman–Crippen MR) is 86.2 cm³/mol. The molecule has 0 fully saturated rings. The summed E-state index contributed by atoms with van der Waals surface area (Å²) in [4.78, 5) is 17.0. The summed E-state index contributed by atoms with van der Waals surface area (Å²) in [6, 6.07) is 18.1. The summed E-state index contributed by atoms with van der Waals surface area (Å²) in [5, 5.41) is 0. The van der Waals surface area contributed by atoms with Crippen LogP contribution in [0.25, 0.3) is 0 Å². The van der Waals surface area contributed by atoms with Crippen LogP contribution in [0, 0.1) is 0 Å². The van der Waals surface area contributed by atoms with Crippen molar-refractivity contribution in [2.45, 2.75) is 12.8 Å². The van der Waals surface area contributed by atoms with E-state index in [1.54, 1.807) is 12.4 Å². The van der Waals surface area contributed by atoms with E-state index >= 15 is 0 Å². The minimum Gasteiger partial charge on any atom is -0.289 e. The Morgan fingerprint density at radius 1 is 0.864 bits per heavy atom. The Kier molecular flexibility index (Phi) is 3.08. The first-order valence-corrected chi connectivity index (χ1v) is 7.45. The first-order chi connectivity index (χ1) is 10.8. The van der Waals surface area contributed by atoms with E-state index < -0.39 is 0 Å². The summed E-state index contributed by atoms with van der Waals surface area (Å²) in [6.45, 7) is 0. The number of carbonyl (C=O) groups excluding carboxylic acids is 1. The lowest BCUT2D eigenvalue weighted by Crippen LogP contribution is -2.17. The summed E-state index contributed by atoms with van der Waals surface area (Å²) in [5.74, 6) is 0.154. The van der Waals surface area contributed by atoms with E-state index in [2.05, 4.69) is 23.2 Å². The van der Waals surface area contributed by atoms with Gasteiger partial charge in [0.1, 0.15) is 0 Å². The lowest BCUT2D eigenvalue weighted by Gasteiger charge is -2.21. The van der Waals surface area contributed by atoms with Crippen LogP contribution in [0.1, 0.15) is 38.2 Å². The zero-order chi connectivity index (χ0) is 14.9. The molecule has 1 aromatic heterocycles. The summed E-state index contributed by atoms with van der Waals surface area (Å²) in [7, 11) is 0. The van der Waals surface area contributed by atoms with Gasteiger partial charge >= 0.3 is 0 Å². The summed E-state index contributed by atoms with van der Waals surface area (Å²) in [5.41, 5.74) is 6.27. The van der Waals surface area contributed by atoms with Crippen molar-refractivity contribution < 1.29 is 4.79 Å². The number of rotatable bonds is 2. The number of pyridine rings is 1. The molecule has 1 aliphatic carbocycles. The molecule has 0 N–H and O–H groups in total. The van der Waals surface area contributed by atoms with Crippen LogP contribution >= 0.6 is 0 Å². The number of hydrogen-bond acceptors (Lipinski definition) is 2. The van der Waals surface area contributed by atoms with Gasteiger partial charge in [0.25, 0.3) is 0 Å². The number of aromatic nitrogens is 1. The molecular weight excluding hydrogens is 270 g/mol. The Bertz CT molecular complexity index is 853. The molecule has 4 rings (SSSR count). The van der Waals surface area contributed by atoms with E-state index in [1.807, 2.05) is 36.4 Å². The van der Waals surface area contributed by atoms with Gasteiger partial charge in [-0.1, -0.05) is 42.5 Å². The number of fused-ring (bicyclic) bond motifs is 2. The molecule has 2 heteroatoms. The first kappa shape index (κ1) is 13.0. The Hall–Kier alpha value is -2.74. The second kappa shape index (κ2) is 5.23. The van der Waals surface area contributed by atoms with Gasteiger partial charge in [0.15, 0.2) is 5.78 Å². The Morgan fingerprint density at radius 3 is 2.50 bits per heavy atom. The molecule has 106 valence electrons. The zero-order valence-electron chi connectivity index (χ0n) is 12.1. The zero-order valence-corrected chi connectivity index (χ0v) is 12.1. The smallest absolute Gasteiger partial charge is 0.193 e. The lowest BCUT2D eigenvalue weighted by molar-refractivity contribution is 0.103. The number of hydrogen-bond donors (Lipinski definition) is 0. The van der Waals surface area contributed by atoms with Crippen molar-refractivity contribution >= 4 is 5.78 Å². The normalized spacial score (nSPS) is 12.6. The molecule has 0 radical (unpaired) electrons. The van der Waals surface area contributed by atoms with Crippen LogP contribution in [-0.2, 0) is 12.8 Å². The summed E-state index contributed by atoms with van der Waals surface area (Å²) >= 11 is 0. The van der Waals surface area contributed by atoms with E-state index in [0.717, 1.165) is 40.7 Å². The second-order valence-electron chi connectivity index (χ2n) is 5.65. The quantitative estimate of drug-likeness (QED) is 0.560. The molecule has 22 heavy (non-hydrogen) atoms. The van der Waals surface area contributed by atoms with Crippen molar-refractivity contribution in [1.29, 1.82) is 0 Å². The van der Waals surface area contributed by atoms with Crippen LogP contribution in [0.5, 0.6) is 0 Å². The fourth-order valence-electron chi connectivity index (χ4n) is 3.20. The van der Waals surface area contributed by atoms with Crippen molar-refractivity contribution in [2.75, 3.05) is 0 Å². The molecule has 1 heterocycles. The SMILES string of the molecule is O=C1c2ccccc2Cc2cccc(Cc3ccncc3)c21. The number of carbonyl (C=O) groups is 1. The van der Waals surface area contributed by atoms with Gasteiger partial charge in [0, 0.05) is 23.5 Å². The molecule has 2 nitrogen and oxygen atoms in total. The van der Waals surface area contributed by atoms with Gasteiger partial charge in [-0.2, -0.15) is 0 Å². The van der Waals surface area contributed by atoms with Crippen LogP contribution in [0.2, 0.25) is 0 Å². The number of nitrogens with zero attached hydrogens (tertiary/aromatic N) is 1. The van der Waals surface area contributed by atoms with E-state index in [1.165, 1.54) is 5.56 Å². The van der Waals surface area contributed by atoms with E-state index in [9.17, 15) is 4.79 Å². The Balaban J connectivity index is 1.80. The van der Waals surface area contributed by atoms with Crippen LogP contribution in [0.15, 0.2) is 67.0 Å². The third kappa shape index (κ3) is 2.13. The fraction of sp³-hybridized carbons (Fsp3) is 0.100. The Morgan fingerprint density at radius 2 is 1.64 bits per heavy atom. The van der Waals surface area contributed by atoms with Crippen LogP contribution in [0.4, 0.5) is 0 Å². The van der Waals surface area contributed by atoms with Crippen molar-refractivity contribution in [3.8, 4) is 0 Å². The van der Waals surface area contributed by atoms with Gasteiger partial charge < -0.3 is 0 Å². The minimum atomic E-state index is 0.154. The van der Waals surface area contributed by atoms with Crippen molar-refractivity contribution in [3.05, 3.63) is 100 Å². The summed E-state index contributed by atoms with van der Waals surface area (Å²) < 4.78 is 0. The second-order valence-corrected chi connectivity index (χ2v) is 5.65. The van der Waals surface area contributed by atoms with Crippen LogP contribution in [0.3, 0.4) is 0 Å². The van der Waals surface area contributed by atoms with Crippen molar-refractivity contribution in [1.82, 2.24) is 4.98 Å². The first-order valence-electron chi connectivity index (χ1n) is 7.45. The molecule has 0 saturated carbocycles. The number of ketones is 1. The molecule has 0 amide bonds.